The molecular formula is C14H15N5O. The van der Waals surface area contributed by atoms with E-state index in [1.54, 1.807) is 6.20 Å². The fraction of sp³-hybridized carbons (Fsp3) is 0.214. The number of aromatic amines is 2. The van der Waals surface area contributed by atoms with E-state index in [-0.39, 0.29) is 11.6 Å². The average molecular weight is 269 g/mol. The first kappa shape index (κ1) is 12.6. The van der Waals surface area contributed by atoms with Crippen LogP contribution in [0.2, 0.25) is 0 Å². The highest BCUT2D eigenvalue weighted by molar-refractivity contribution is 5.80. The second-order valence-electron chi connectivity index (χ2n) is 4.78. The van der Waals surface area contributed by atoms with E-state index in [2.05, 4.69) is 19.9 Å². The molecular weight excluding hydrogens is 254 g/mol. The normalized spacial score (nSPS) is 12.7. The maximum Gasteiger partial charge on any atom is 0.323 e. The first-order chi connectivity index (χ1) is 9.67. The highest BCUT2D eigenvalue weighted by Crippen LogP contribution is 2.21. The van der Waals surface area contributed by atoms with Gasteiger partial charge in [-0.25, -0.2) is 14.8 Å². The van der Waals surface area contributed by atoms with E-state index in [1.165, 1.54) is 0 Å². The minimum Gasteiger partial charge on any atom is -0.330 e. The lowest BCUT2D eigenvalue weighted by molar-refractivity contribution is 0.713. The largest absolute Gasteiger partial charge is 0.330 e. The van der Waals surface area contributed by atoms with E-state index in [0.717, 1.165) is 28.1 Å². The molecule has 0 radical (unpaired) electrons. The van der Waals surface area contributed by atoms with Gasteiger partial charge in [-0.05, 0) is 18.2 Å². The number of nitrogens with zero attached hydrogens (tertiary/aromatic N) is 2. The van der Waals surface area contributed by atoms with Crippen LogP contribution in [0.1, 0.15) is 18.7 Å². The second kappa shape index (κ2) is 4.90. The van der Waals surface area contributed by atoms with Crippen LogP contribution < -0.4 is 11.4 Å². The van der Waals surface area contributed by atoms with E-state index in [0.29, 0.717) is 6.54 Å². The number of nitrogens with one attached hydrogen (secondary N) is 2. The number of fused-ring (bicyclic) bond motifs is 1. The summed E-state index contributed by atoms with van der Waals surface area (Å²) < 4.78 is 0. The third kappa shape index (κ3) is 2.21. The topological polar surface area (TPSA) is 100 Å². The number of rotatable bonds is 3. The zero-order valence-corrected chi connectivity index (χ0v) is 11.1. The van der Waals surface area contributed by atoms with Crippen molar-refractivity contribution in [3.8, 4) is 11.3 Å². The third-order valence-electron chi connectivity index (χ3n) is 3.28. The van der Waals surface area contributed by atoms with Crippen LogP contribution in [0.25, 0.3) is 22.3 Å². The molecule has 1 aromatic carbocycles. The molecule has 102 valence electrons. The molecule has 2 aromatic heterocycles. The average Bonchev–Trinajstić information content (AvgIpc) is 2.85. The lowest BCUT2D eigenvalue weighted by Crippen LogP contribution is -2.12. The fourth-order valence-corrected chi connectivity index (χ4v) is 2.07. The number of H-pyrrole nitrogens is 2. The Kier molecular flexibility index (Phi) is 3.08. The van der Waals surface area contributed by atoms with Crippen molar-refractivity contribution in [3.63, 3.8) is 0 Å². The molecule has 3 aromatic rings. The summed E-state index contributed by atoms with van der Waals surface area (Å²) in [5.41, 5.74) is 8.73. The van der Waals surface area contributed by atoms with Gasteiger partial charge in [-0.1, -0.05) is 13.0 Å². The van der Waals surface area contributed by atoms with Crippen LogP contribution in [0.4, 0.5) is 0 Å². The van der Waals surface area contributed by atoms with Crippen LogP contribution in [0.3, 0.4) is 0 Å². The Morgan fingerprint density at radius 1 is 1.25 bits per heavy atom. The van der Waals surface area contributed by atoms with Crippen LogP contribution in [0.15, 0.2) is 35.3 Å². The zero-order valence-electron chi connectivity index (χ0n) is 11.1. The van der Waals surface area contributed by atoms with Crippen LogP contribution in [0, 0.1) is 0 Å². The molecule has 2 heterocycles. The van der Waals surface area contributed by atoms with Gasteiger partial charge in [-0.3, -0.25) is 0 Å². The number of imidazole rings is 1. The Balaban J connectivity index is 2.07. The molecule has 0 aliphatic rings. The van der Waals surface area contributed by atoms with Crippen molar-refractivity contribution >= 4 is 11.0 Å². The van der Waals surface area contributed by atoms with Gasteiger partial charge in [0.1, 0.15) is 5.82 Å². The summed E-state index contributed by atoms with van der Waals surface area (Å²) in [6.07, 6.45) is 1.73. The summed E-state index contributed by atoms with van der Waals surface area (Å²) in [5, 5.41) is 0. The fourth-order valence-electron chi connectivity index (χ4n) is 2.07. The Labute approximate surface area is 115 Å². The molecule has 1 atom stereocenters. The molecule has 6 nitrogen and oxygen atoms in total. The van der Waals surface area contributed by atoms with Crippen molar-refractivity contribution in [2.24, 2.45) is 5.73 Å². The maximum atomic E-state index is 11.3. The SMILES string of the molecule is CC(CN)c1nccc(-c2ccc3[nH]c(=O)[nH]c3c2)n1. The van der Waals surface area contributed by atoms with Crippen molar-refractivity contribution < 1.29 is 0 Å². The summed E-state index contributed by atoms with van der Waals surface area (Å²) in [5.74, 6) is 0.846. The Morgan fingerprint density at radius 3 is 2.85 bits per heavy atom. The van der Waals surface area contributed by atoms with Gasteiger partial charge in [0, 0.05) is 24.2 Å². The highest BCUT2D eigenvalue weighted by Gasteiger charge is 2.09. The third-order valence-corrected chi connectivity index (χ3v) is 3.28. The Bertz CT molecular complexity index is 804. The van der Waals surface area contributed by atoms with Gasteiger partial charge < -0.3 is 15.7 Å². The highest BCUT2D eigenvalue weighted by atomic mass is 16.1. The van der Waals surface area contributed by atoms with Gasteiger partial charge in [0.05, 0.1) is 16.7 Å². The molecule has 4 N–H and O–H groups in total. The quantitative estimate of drug-likeness (QED) is 0.668. The van der Waals surface area contributed by atoms with E-state index in [9.17, 15) is 4.79 Å². The van der Waals surface area contributed by atoms with E-state index >= 15 is 0 Å². The van der Waals surface area contributed by atoms with Crippen LogP contribution >= 0.6 is 0 Å². The summed E-state index contributed by atoms with van der Waals surface area (Å²) in [6, 6.07) is 7.52. The monoisotopic (exact) mass is 269 g/mol. The maximum absolute atomic E-state index is 11.3. The molecule has 0 saturated heterocycles. The van der Waals surface area contributed by atoms with E-state index < -0.39 is 0 Å². The smallest absolute Gasteiger partial charge is 0.323 e. The van der Waals surface area contributed by atoms with Crippen molar-refractivity contribution in [3.05, 3.63) is 46.8 Å². The van der Waals surface area contributed by atoms with Crippen LogP contribution in [0.5, 0.6) is 0 Å². The Hall–Kier alpha value is -2.47. The van der Waals surface area contributed by atoms with Gasteiger partial charge >= 0.3 is 5.69 Å². The number of aromatic nitrogens is 4. The van der Waals surface area contributed by atoms with Gasteiger partial charge in [-0.2, -0.15) is 0 Å². The summed E-state index contributed by atoms with van der Waals surface area (Å²) >= 11 is 0. The molecule has 6 heteroatoms. The predicted molar refractivity (Wildman–Crippen MR) is 77.4 cm³/mol. The van der Waals surface area contributed by atoms with Gasteiger partial charge in [0.15, 0.2) is 0 Å². The minimum absolute atomic E-state index is 0.116. The molecule has 0 aliphatic carbocycles. The van der Waals surface area contributed by atoms with Crippen LogP contribution in [-0.4, -0.2) is 26.5 Å². The molecule has 0 saturated carbocycles. The van der Waals surface area contributed by atoms with Gasteiger partial charge in [-0.15, -0.1) is 0 Å². The standard InChI is InChI=1S/C14H15N5O/c1-8(7-15)13-16-5-4-10(17-13)9-2-3-11-12(6-9)19-14(20)18-11/h2-6,8H,7,15H2,1H3,(H2,18,19,20). The summed E-state index contributed by atoms with van der Waals surface area (Å²) in [4.78, 5) is 25.5. The van der Waals surface area contributed by atoms with Gasteiger partial charge in [0.2, 0.25) is 0 Å². The van der Waals surface area contributed by atoms with Gasteiger partial charge in [0.25, 0.3) is 0 Å². The molecule has 3 rings (SSSR count). The number of benzene rings is 1. The van der Waals surface area contributed by atoms with Crippen molar-refractivity contribution in [1.29, 1.82) is 0 Å². The van der Waals surface area contributed by atoms with Crippen molar-refractivity contribution in [2.75, 3.05) is 6.54 Å². The van der Waals surface area contributed by atoms with Crippen LogP contribution in [-0.2, 0) is 0 Å². The lowest BCUT2D eigenvalue weighted by atomic mass is 10.1. The Morgan fingerprint density at radius 2 is 2.05 bits per heavy atom. The molecule has 1 unspecified atom stereocenters. The predicted octanol–water partition coefficient (Wildman–Crippen LogP) is 1.38. The number of hydrogen-bond donors (Lipinski definition) is 3. The molecule has 0 fully saturated rings. The molecule has 0 amide bonds. The lowest BCUT2D eigenvalue weighted by Gasteiger charge is -2.08. The molecule has 20 heavy (non-hydrogen) atoms. The summed E-state index contributed by atoms with van der Waals surface area (Å²) in [6.45, 7) is 2.50. The first-order valence-corrected chi connectivity index (χ1v) is 6.43. The number of nitrogens with two attached hydrogens (primary N) is 1. The number of hydrogen-bond acceptors (Lipinski definition) is 4. The molecule has 0 aliphatic heterocycles. The van der Waals surface area contributed by atoms with E-state index in [4.69, 9.17) is 5.73 Å². The first-order valence-electron chi connectivity index (χ1n) is 6.43. The molecule has 0 spiro atoms. The van der Waals surface area contributed by atoms with Crippen molar-refractivity contribution in [1.82, 2.24) is 19.9 Å². The summed E-state index contributed by atoms with van der Waals surface area (Å²) in [7, 11) is 0. The molecule has 0 bridgehead atoms. The second-order valence-corrected chi connectivity index (χ2v) is 4.78. The minimum atomic E-state index is -0.211. The van der Waals surface area contributed by atoms with Crippen molar-refractivity contribution in [2.45, 2.75) is 12.8 Å². The zero-order chi connectivity index (χ0) is 14.1. The van der Waals surface area contributed by atoms with E-state index in [1.807, 2.05) is 31.2 Å².